The average Bonchev–Trinajstić information content (AvgIpc) is 2.70. The molecule has 0 bridgehead atoms. The van der Waals surface area contributed by atoms with Gasteiger partial charge in [-0.1, -0.05) is 13.8 Å². The molecule has 0 saturated heterocycles. The molecular weight excluding hydrogens is 456 g/mol. The van der Waals surface area contributed by atoms with Gasteiger partial charge in [-0.15, -0.1) is 0 Å². The molecular formula is C19H34N6O7S. The zero-order chi connectivity index (χ0) is 25.7. The zero-order valence-electron chi connectivity index (χ0n) is 19.0. The average molecular weight is 491 g/mol. The van der Waals surface area contributed by atoms with Gasteiger partial charge < -0.3 is 38.3 Å². The van der Waals surface area contributed by atoms with Gasteiger partial charge in [0.1, 0.15) is 18.1 Å². The molecule has 0 radical (unpaired) electrons. The topological polar surface area (TPSA) is 237 Å². The molecule has 5 amide bonds. The van der Waals surface area contributed by atoms with Crippen molar-refractivity contribution in [2.75, 3.05) is 12.0 Å². The number of aliphatic carboxylic acids is 1. The summed E-state index contributed by atoms with van der Waals surface area (Å²) < 4.78 is 0. The van der Waals surface area contributed by atoms with Gasteiger partial charge in [0, 0.05) is 6.42 Å². The van der Waals surface area contributed by atoms with Gasteiger partial charge in [0.2, 0.25) is 29.5 Å². The summed E-state index contributed by atoms with van der Waals surface area (Å²) in [4.78, 5) is 71.7. The quantitative estimate of drug-likeness (QED) is 0.120. The van der Waals surface area contributed by atoms with Gasteiger partial charge in [0.05, 0.1) is 12.5 Å². The minimum absolute atomic E-state index is 0.184. The fourth-order valence-corrected chi connectivity index (χ4v) is 3.15. The van der Waals surface area contributed by atoms with Crippen molar-refractivity contribution in [3.05, 3.63) is 0 Å². The summed E-state index contributed by atoms with van der Waals surface area (Å²) in [5, 5.41) is 16.2. The van der Waals surface area contributed by atoms with Gasteiger partial charge in [-0.2, -0.15) is 11.8 Å². The first-order valence-corrected chi connectivity index (χ1v) is 11.6. The van der Waals surface area contributed by atoms with Crippen molar-refractivity contribution in [1.29, 1.82) is 0 Å². The summed E-state index contributed by atoms with van der Waals surface area (Å²) >= 11 is 1.48. The maximum atomic E-state index is 12.8. The minimum atomic E-state index is -1.51. The maximum absolute atomic E-state index is 12.8. The first-order chi connectivity index (χ1) is 15.3. The van der Waals surface area contributed by atoms with Crippen LogP contribution in [0, 0.1) is 5.92 Å². The van der Waals surface area contributed by atoms with Crippen LogP contribution in [0.1, 0.15) is 39.5 Å². The van der Waals surface area contributed by atoms with Crippen LogP contribution in [0.5, 0.6) is 0 Å². The molecule has 0 fully saturated rings. The maximum Gasteiger partial charge on any atom is 0.326 e. The second kappa shape index (κ2) is 15.1. The first kappa shape index (κ1) is 30.1. The van der Waals surface area contributed by atoms with E-state index in [2.05, 4.69) is 16.0 Å². The third kappa shape index (κ3) is 12.1. The van der Waals surface area contributed by atoms with E-state index in [0.717, 1.165) is 0 Å². The molecule has 13 nitrogen and oxygen atoms in total. The summed E-state index contributed by atoms with van der Waals surface area (Å²) in [7, 11) is 0. The van der Waals surface area contributed by atoms with Gasteiger partial charge in [0.25, 0.3) is 0 Å². The van der Waals surface area contributed by atoms with Crippen molar-refractivity contribution in [2.45, 2.75) is 63.7 Å². The van der Waals surface area contributed by atoms with Crippen LogP contribution in [0.25, 0.3) is 0 Å². The second-order valence-electron chi connectivity index (χ2n) is 7.75. The Bertz CT molecular complexity index is 733. The molecule has 33 heavy (non-hydrogen) atoms. The number of carboxylic acid groups (broad SMARTS) is 1. The van der Waals surface area contributed by atoms with Crippen molar-refractivity contribution in [2.24, 2.45) is 23.1 Å². The molecule has 188 valence electrons. The molecule has 0 aliphatic carbocycles. The van der Waals surface area contributed by atoms with Gasteiger partial charge in [0.15, 0.2) is 0 Å². The predicted molar refractivity (Wildman–Crippen MR) is 121 cm³/mol. The third-order valence-electron chi connectivity index (χ3n) is 4.55. The molecule has 14 heteroatoms. The number of amides is 5. The predicted octanol–water partition coefficient (Wildman–Crippen LogP) is -2.60. The Kier molecular flexibility index (Phi) is 13.7. The lowest BCUT2D eigenvalue weighted by molar-refractivity contribution is -0.143. The Morgan fingerprint density at radius 3 is 1.85 bits per heavy atom. The van der Waals surface area contributed by atoms with Crippen LogP contribution >= 0.6 is 11.8 Å². The largest absolute Gasteiger partial charge is 0.480 e. The van der Waals surface area contributed by atoms with E-state index in [-0.39, 0.29) is 12.8 Å². The number of hydrogen-bond acceptors (Lipinski definition) is 8. The van der Waals surface area contributed by atoms with Gasteiger partial charge in [-0.05, 0) is 30.8 Å². The van der Waals surface area contributed by atoms with Crippen molar-refractivity contribution in [3.8, 4) is 0 Å². The molecule has 0 aliphatic rings. The van der Waals surface area contributed by atoms with E-state index in [4.69, 9.17) is 17.2 Å². The Balaban J connectivity index is 5.53. The van der Waals surface area contributed by atoms with Crippen LogP contribution in [-0.2, 0) is 28.8 Å². The number of hydrogen-bond donors (Lipinski definition) is 7. The van der Waals surface area contributed by atoms with E-state index in [1.807, 2.05) is 6.26 Å². The first-order valence-electron chi connectivity index (χ1n) is 10.2. The van der Waals surface area contributed by atoms with Crippen molar-refractivity contribution in [1.82, 2.24) is 16.0 Å². The molecule has 4 atom stereocenters. The Hall–Kier alpha value is -2.87. The van der Waals surface area contributed by atoms with Gasteiger partial charge in [-0.25, -0.2) is 4.79 Å². The van der Waals surface area contributed by atoms with E-state index < -0.39 is 72.0 Å². The van der Waals surface area contributed by atoms with E-state index in [9.17, 15) is 33.9 Å². The van der Waals surface area contributed by atoms with E-state index in [1.54, 1.807) is 13.8 Å². The number of thioether (sulfide) groups is 1. The summed E-state index contributed by atoms with van der Waals surface area (Å²) in [6.45, 7) is 3.13. The van der Waals surface area contributed by atoms with Gasteiger partial charge >= 0.3 is 5.97 Å². The lowest BCUT2D eigenvalue weighted by Crippen LogP contribution is -2.58. The molecule has 0 aliphatic heterocycles. The smallest absolute Gasteiger partial charge is 0.326 e. The van der Waals surface area contributed by atoms with Crippen LogP contribution in [0.3, 0.4) is 0 Å². The zero-order valence-corrected chi connectivity index (χ0v) is 19.8. The van der Waals surface area contributed by atoms with Crippen LogP contribution in [0.2, 0.25) is 0 Å². The number of primary amides is 2. The van der Waals surface area contributed by atoms with E-state index in [1.165, 1.54) is 11.8 Å². The molecule has 0 aromatic heterocycles. The number of nitrogens with one attached hydrogen (secondary N) is 3. The Morgan fingerprint density at radius 2 is 1.39 bits per heavy atom. The molecule has 0 aromatic carbocycles. The third-order valence-corrected chi connectivity index (χ3v) is 5.19. The SMILES string of the molecule is CSCCC(N)C(=O)NC(CCC(N)=O)C(=O)NC(CC(N)=O)C(=O)NC(C(=O)O)C(C)C. The minimum Gasteiger partial charge on any atom is -0.480 e. The highest BCUT2D eigenvalue weighted by Gasteiger charge is 2.32. The van der Waals surface area contributed by atoms with Crippen molar-refractivity contribution < 1.29 is 33.9 Å². The van der Waals surface area contributed by atoms with Crippen LogP contribution in [0.15, 0.2) is 0 Å². The Labute approximate surface area is 196 Å². The highest BCUT2D eigenvalue weighted by Crippen LogP contribution is 2.06. The highest BCUT2D eigenvalue weighted by molar-refractivity contribution is 7.98. The summed E-state index contributed by atoms with van der Waals surface area (Å²) in [5.41, 5.74) is 16.1. The number of carbonyl (C=O) groups is 6. The van der Waals surface area contributed by atoms with E-state index >= 15 is 0 Å². The molecule has 0 spiro atoms. The van der Waals surface area contributed by atoms with Crippen molar-refractivity contribution in [3.63, 3.8) is 0 Å². The van der Waals surface area contributed by atoms with Crippen molar-refractivity contribution >= 4 is 47.3 Å². The summed E-state index contributed by atoms with van der Waals surface area (Å²) in [6.07, 6.45) is 1.13. The number of rotatable bonds is 16. The molecule has 0 saturated carbocycles. The Morgan fingerprint density at radius 1 is 0.848 bits per heavy atom. The normalized spacial score (nSPS) is 14.5. The monoisotopic (exact) mass is 490 g/mol. The number of carboxylic acids is 1. The van der Waals surface area contributed by atoms with Crippen LogP contribution < -0.4 is 33.2 Å². The molecule has 0 aromatic rings. The standard InChI is InChI=1S/C19H34N6O7S/c1-9(2)15(19(31)32)25-18(30)12(8-14(22)27)24-17(29)11(4-5-13(21)26)23-16(28)10(20)6-7-33-3/h9-12,15H,4-8,20H2,1-3H3,(H2,21,26)(H2,22,27)(H,23,28)(H,24,29)(H,25,30)(H,31,32). The number of nitrogens with two attached hydrogens (primary N) is 3. The molecule has 0 rings (SSSR count). The lowest BCUT2D eigenvalue weighted by atomic mass is 10.0. The van der Waals surface area contributed by atoms with Crippen LogP contribution in [-0.4, -0.2) is 76.8 Å². The van der Waals surface area contributed by atoms with Gasteiger partial charge in [-0.3, -0.25) is 24.0 Å². The summed E-state index contributed by atoms with van der Waals surface area (Å²) in [5.74, 6) is -5.30. The molecule has 10 N–H and O–H groups in total. The van der Waals surface area contributed by atoms with Crippen LogP contribution in [0.4, 0.5) is 0 Å². The number of carbonyl (C=O) groups excluding carboxylic acids is 5. The fraction of sp³-hybridized carbons (Fsp3) is 0.684. The van der Waals surface area contributed by atoms with E-state index in [0.29, 0.717) is 12.2 Å². The lowest BCUT2D eigenvalue weighted by Gasteiger charge is -2.25. The molecule has 4 unspecified atom stereocenters. The second-order valence-corrected chi connectivity index (χ2v) is 8.74. The highest BCUT2D eigenvalue weighted by atomic mass is 32.2. The molecule has 0 heterocycles. The fourth-order valence-electron chi connectivity index (χ4n) is 2.66. The summed E-state index contributed by atoms with van der Waals surface area (Å²) in [6, 6.07) is -4.97.